The predicted molar refractivity (Wildman–Crippen MR) is 114 cm³/mol. The van der Waals surface area contributed by atoms with Crippen molar-refractivity contribution >= 4 is 11.3 Å². The molecule has 1 aromatic heterocycles. The molecule has 0 amide bonds. The molecule has 1 N–H and O–H groups in total. The maximum Gasteiger partial charge on any atom is 0.231 e. The third-order valence-electron chi connectivity index (χ3n) is 4.67. The van der Waals surface area contributed by atoms with Crippen LogP contribution in [0.3, 0.4) is 0 Å². The molecule has 0 spiro atoms. The first-order valence-corrected chi connectivity index (χ1v) is 10.5. The van der Waals surface area contributed by atoms with Crippen LogP contribution in [-0.4, -0.2) is 36.1 Å². The van der Waals surface area contributed by atoms with Crippen LogP contribution in [0.5, 0.6) is 17.2 Å². The van der Waals surface area contributed by atoms with Gasteiger partial charge in [-0.05, 0) is 48.9 Å². The minimum absolute atomic E-state index is 0.255. The van der Waals surface area contributed by atoms with E-state index < -0.39 is 6.10 Å². The number of hydrogen-bond acceptors (Lipinski definition) is 6. The Hall–Kier alpha value is -2.54. The Balaban J connectivity index is 1.41. The molecule has 0 bridgehead atoms. The van der Waals surface area contributed by atoms with E-state index >= 15 is 0 Å². The van der Waals surface area contributed by atoms with Gasteiger partial charge < -0.3 is 19.3 Å². The van der Waals surface area contributed by atoms with Gasteiger partial charge in [0.2, 0.25) is 6.79 Å². The van der Waals surface area contributed by atoms with E-state index in [0.717, 1.165) is 29.4 Å². The molecule has 152 valence electrons. The van der Waals surface area contributed by atoms with Gasteiger partial charge in [-0.2, -0.15) is 0 Å². The van der Waals surface area contributed by atoms with E-state index in [9.17, 15) is 5.11 Å². The normalized spacial score (nSPS) is 13.6. The molecular weight excluding hydrogens is 386 g/mol. The number of ether oxygens (including phenoxy) is 3. The second-order valence-electron chi connectivity index (χ2n) is 7.15. The molecule has 0 fully saturated rings. The van der Waals surface area contributed by atoms with Gasteiger partial charge in [0.1, 0.15) is 18.5 Å². The van der Waals surface area contributed by atoms with Crippen molar-refractivity contribution < 1.29 is 19.3 Å². The Kier molecular flexibility index (Phi) is 6.34. The summed E-state index contributed by atoms with van der Waals surface area (Å²) in [5.74, 6) is 2.33. The van der Waals surface area contributed by atoms with Crippen LogP contribution in [0.1, 0.15) is 15.3 Å². The largest absolute Gasteiger partial charge is 0.491 e. The van der Waals surface area contributed by atoms with Crippen molar-refractivity contribution in [2.45, 2.75) is 26.1 Å². The Bertz CT molecular complexity index is 928. The lowest BCUT2D eigenvalue weighted by molar-refractivity contribution is 0.0632. The molecule has 2 heterocycles. The lowest BCUT2D eigenvalue weighted by Crippen LogP contribution is -2.34. The second-order valence-corrected chi connectivity index (χ2v) is 8.52. The van der Waals surface area contributed by atoms with Crippen LogP contribution in [0.2, 0.25) is 0 Å². The molecule has 6 heteroatoms. The van der Waals surface area contributed by atoms with E-state index in [1.165, 1.54) is 9.75 Å². The summed E-state index contributed by atoms with van der Waals surface area (Å²) in [6.07, 6.45) is -0.592. The number of benzene rings is 2. The molecular formula is C23H25NO4S. The van der Waals surface area contributed by atoms with Gasteiger partial charge in [-0.25, -0.2) is 0 Å². The number of hydrogen-bond donors (Lipinski definition) is 1. The van der Waals surface area contributed by atoms with Crippen molar-refractivity contribution in [3.8, 4) is 17.2 Å². The Morgan fingerprint density at radius 3 is 2.66 bits per heavy atom. The summed E-state index contributed by atoms with van der Waals surface area (Å²) >= 11 is 1.78. The van der Waals surface area contributed by atoms with Gasteiger partial charge in [0, 0.05) is 29.4 Å². The minimum Gasteiger partial charge on any atom is -0.491 e. The first-order chi connectivity index (χ1) is 14.2. The Morgan fingerprint density at radius 1 is 1.03 bits per heavy atom. The molecule has 0 saturated carbocycles. The third kappa shape index (κ3) is 5.50. The molecule has 0 unspecified atom stereocenters. The fraction of sp³-hybridized carbons (Fsp3) is 0.304. The highest BCUT2D eigenvalue weighted by atomic mass is 32.1. The molecule has 0 aliphatic carbocycles. The first-order valence-electron chi connectivity index (χ1n) is 9.68. The topological polar surface area (TPSA) is 51.2 Å². The molecule has 3 aromatic rings. The van der Waals surface area contributed by atoms with Gasteiger partial charge in [0.05, 0.1) is 0 Å². The number of aryl methyl sites for hydroxylation is 1. The summed E-state index contributed by atoms with van der Waals surface area (Å²) in [6, 6.07) is 19.9. The number of rotatable bonds is 9. The predicted octanol–water partition coefficient (Wildman–Crippen LogP) is 4.23. The highest BCUT2D eigenvalue weighted by Crippen LogP contribution is 2.33. The number of nitrogens with zero attached hydrogens (tertiary/aromatic N) is 1. The Labute approximate surface area is 175 Å². The van der Waals surface area contributed by atoms with Gasteiger partial charge in [0.25, 0.3) is 0 Å². The minimum atomic E-state index is -0.592. The van der Waals surface area contributed by atoms with E-state index in [-0.39, 0.29) is 13.4 Å². The van der Waals surface area contributed by atoms with Crippen LogP contribution >= 0.6 is 11.3 Å². The number of aliphatic hydroxyl groups is 1. The van der Waals surface area contributed by atoms with Crippen LogP contribution in [-0.2, 0) is 13.1 Å². The molecule has 4 rings (SSSR count). The first kappa shape index (κ1) is 19.8. The maximum absolute atomic E-state index is 10.6. The van der Waals surface area contributed by atoms with Crippen molar-refractivity contribution in [3.63, 3.8) is 0 Å². The third-order valence-corrected chi connectivity index (χ3v) is 5.66. The molecule has 29 heavy (non-hydrogen) atoms. The van der Waals surface area contributed by atoms with Gasteiger partial charge in [-0.3, -0.25) is 4.90 Å². The number of thiophene rings is 1. The molecule has 0 radical (unpaired) electrons. The maximum atomic E-state index is 10.6. The molecule has 0 saturated heterocycles. The summed E-state index contributed by atoms with van der Waals surface area (Å²) in [6.45, 7) is 4.63. The molecule has 1 aliphatic rings. The average molecular weight is 412 g/mol. The van der Waals surface area contributed by atoms with Gasteiger partial charge in [0.15, 0.2) is 11.5 Å². The van der Waals surface area contributed by atoms with Crippen LogP contribution < -0.4 is 14.2 Å². The quantitative estimate of drug-likeness (QED) is 0.571. The van der Waals surface area contributed by atoms with E-state index in [0.29, 0.717) is 13.1 Å². The van der Waals surface area contributed by atoms with Crippen LogP contribution in [0, 0.1) is 6.92 Å². The summed E-state index contributed by atoms with van der Waals surface area (Å²) in [5, 5.41) is 10.6. The van der Waals surface area contributed by atoms with Crippen molar-refractivity contribution in [3.05, 3.63) is 76.0 Å². The molecule has 1 atom stereocenters. The molecule has 2 aromatic carbocycles. The van der Waals surface area contributed by atoms with Crippen LogP contribution in [0.25, 0.3) is 0 Å². The van der Waals surface area contributed by atoms with Crippen molar-refractivity contribution in [1.82, 2.24) is 4.90 Å². The van der Waals surface area contributed by atoms with E-state index in [2.05, 4.69) is 24.0 Å². The van der Waals surface area contributed by atoms with Crippen LogP contribution in [0.4, 0.5) is 0 Å². The van der Waals surface area contributed by atoms with Gasteiger partial charge in [-0.15, -0.1) is 11.3 Å². The van der Waals surface area contributed by atoms with Crippen LogP contribution in [0.15, 0.2) is 60.7 Å². The van der Waals surface area contributed by atoms with Gasteiger partial charge in [-0.1, -0.05) is 24.3 Å². The van der Waals surface area contributed by atoms with E-state index in [1.807, 2.05) is 48.5 Å². The standard InChI is InChI=1S/C23H25NO4S/c1-17-7-9-21(29-17)14-24(12-18-8-10-22-23(11-18)28-16-27-22)13-19(25)15-26-20-5-3-2-4-6-20/h2-11,19,25H,12-16H2,1H3/t19-/m1/s1. The van der Waals surface area contributed by atoms with E-state index in [4.69, 9.17) is 14.2 Å². The lowest BCUT2D eigenvalue weighted by atomic mass is 10.1. The Morgan fingerprint density at radius 2 is 1.86 bits per heavy atom. The average Bonchev–Trinajstić information content (AvgIpc) is 3.35. The molecule has 5 nitrogen and oxygen atoms in total. The SMILES string of the molecule is Cc1ccc(CN(Cc2ccc3c(c2)OCO3)C[C@@H](O)COc2ccccc2)s1. The summed E-state index contributed by atoms with van der Waals surface area (Å²) in [4.78, 5) is 4.80. The zero-order valence-corrected chi connectivity index (χ0v) is 17.2. The zero-order chi connectivity index (χ0) is 20.1. The highest BCUT2D eigenvalue weighted by molar-refractivity contribution is 7.11. The number of para-hydroxylation sites is 1. The van der Waals surface area contributed by atoms with Crippen molar-refractivity contribution in [2.75, 3.05) is 19.9 Å². The smallest absolute Gasteiger partial charge is 0.231 e. The summed E-state index contributed by atoms with van der Waals surface area (Å²) in [5.41, 5.74) is 1.12. The van der Waals surface area contributed by atoms with Crippen molar-refractivity contribution in [2.24, 2.45) is 0 Å². The second kappa shape index (κ2) is 9.31. The zero-order valence-electron chi connectivity index (χ0n) is 16.4. The molecule has 1 aliphatic heterocycles. The number of aliphatic hydroxyl groups excluding tert-OH is 1. The summed E-state index contributed by atoms with van der Waals surface area (Å²) < 4.78 is 16.6. The number of fused-ring (bicyclic) bond motifs is 1. The fourth-order valence-corrected chi connectivity index (χ4v) is 4.27. The lowest BCUT2D eigenvalue weighted by Gasteiger charge is -2.25. The van der Waals surface area contributed by atoms with E-state index in [1.54, 1.807) is 11.3 Å². The highest BCUT2D eigenvalue weighted by Gasteiger charge is 2.18. The monoisotopic (exact) mass is 411 g/mol. The van der Waals surface area contributed by atoms with Crippen molar-refractivity contribution in [1.29, 1.82) is 0 Å². The fourth-order valence-electron chi connectivity index (χ4n) is 3.33. The summed E-state index contributed by atoms with van der Waals surface area (Å²) in [7, 11) is 0. The van der Waals surface area contributed by atoms with Gasteiger partial charge >= 0.3 is 0 Å².